The van der Waals surface area contributed by atoms with E-state index in [0.717, 1.165) is 12.8 Å². The summed E-state index contributed by atoms with van der Waals surface area (Å²) in [6.07, 6.45) is 1.75. The molecule has 2 atom stereocenters. The zero-order valence-corrected chi connectivity index (χ0v) is 17.2. The first kappa shape index (κ1) is 26.3. The van der Waals surface area contributed by atoms with Crippen LogP contribution in [0.1, 0.15) is 60.7 Å². The summed E-state index contributed by atoms with van der Waals surface area (Å²) in [5.74, 6) is -1.22. The van der Waals surface area contributed by atoms with E-state index < -0.39 is 11.9 Å². The number of hydrogen-bond donors (Lipinski definition) is 4. The molecule has 2 unspecified atom stereocenters. The Morgan fingerprint density at radius 3 is 1.34 bits per heavy atom. The molecule has 4 N–H and O–H groups in total. The van der Waals surface area contributed by atoms with E-state index in [1.165, 1.54) is 0 Å². The molecule has 0 saturated carbocycles. The minimum absolute atomic E-state index is 0.232. The van der Waals surface area contributed by atoms with Crippen LogP contribution in [-0.2, 0) is 0 Å². The zero-order valence-electron chi connectivity index (χ0n) is 17.2. The Hall–Kier alpha value is -2.70. The number of benzene rings is 2. The second-order valence-corrected chi connectivity index (χ2v) is 7.05. The largest absolute Gasteiger partial charge is 0.478 e. The number of aliphatic hydroxyl groups excluding tert-OH is 2. The molecule has 6 heteroatoms. The van der Waals surface area contributed by atoms with E-state index >= 15 is 0 Å². The highest BCUT2D eigenvalue weighted by atomic mass is 16.4. The van der Waals surface area contributed by atoms with Gasteiger partial charge in [0.2, 0.25) is 0 Å². The lowest BCUT2D eigenvalue weighted by molar-refractivity contribution is 0.0686. The Balaban J connectivity index is 0.000000408. The molecule has 0 aliphatic heterocycles. The van der Waals surface area contributed by atoms with Gasteiger partial charge in [-0.05, 0) is 56.4 Å². The van der Waals surface area contributed by atoms with Crippen LogP contribution >= 0.6 is 0 Å². The molecule has 6 nitrogen and oxygen atoms in total. The molecular formula is C23H32O6. The lowest BCUT2D eigenvalue weighted by Crippen LogP contribution is -2.13. The van der Waals surface area contributed by atoms with Gasteiger partial charge in [-0.1, -0.05) is 50.2 Å². The molecule has 2 aromatic rings. The van der Waals surface area contributed by atoms with Gasteiger partial charge in [-0.3, -0.25) is 0 Å². The third-order valence-electron chi connectivity index (χ3n) is 3.70. The van der Waals surface area contributed by atoms with E-state index in [4.69, 9.17) is 15.3 Å². The van der Waals surface area contributed by atoms with Gasteiger partial charge in [-0.25, -0.2) is 9.59 Å². The summed E-state index contributed by atoms with van der Waals surface area (Å²) in [7, 11) is 0. The fourth-order valence-corrected chi connectivity index (χ4v) is 2.26. The lowest BCUT2D eigenvalue weighted by atomic mass is 10.0. The topological polar surface area (TPSA) is 115 Å². The Morgan fingerprint density at radius 1 is 0.724 bits per heavy atom. The maximum Gasteiger partial charge on any atom is 0.335 e. The summed E-state index contributed by atoms with van der Waals surface area (Å²) < 4.78 is 0. The first-order valence-electron chi connectivity index (χ1n) is 9.56. The van der Waals surface area contributed by atoms with Crippen molar-refractivity contribution >= 4 is 11.9 Å². The minimum atomic E-state index is -0.879. The molecule has 0 aliphatic rings. The van der Waals surface area contributed by atoms with E-state index in [1.807, 2.05) is 0 Å². The zero-order chi connectivity index (χ0) is 22.2. The highest BCUT2D eigenvalue weighted by Gasteiger charge is 2.07. The maximum absolute atomic E-state index is 10.2. The number of carboxylic acids is 2. The van der Waals surface area contributed by atoms with Crippen LogP contribution in [0.5, 0.6) is 0 Å². The summed E-state index contributed by atoms with van der Waals surface area (Å²) in [4.78, 5) is 20.4. The molecular weight excluding hydrogens is 372 g/mol. The van der Waals surface area contributed by atoms with E-state index in [1.54, 1.807) is 67.6 Å². The predicted molar refractivity (Wildman–Crippen MR) is 113 cm³/mol. The minimum Gasteiger partial charge on any atom is -0.478 e. The first-order chi connectivity index (χ1) is 13.6. The second-order valence-electron chi connectivity index (χ2n) is 7.05. The normalized spacial score (nSPS) is 11.9. The van der Waals surface area contributed by atoms with Gasteiger partial charge in [0.05, 0.1) is 23.3 Å². The van der Waals surface area contributed by atoms with Gasteiger partial charge >= 0.3 is 11.9 Å². The molecule has 0 amide bonds. The number of hydrogen-bond acceptors (Lipinski definition) is 4. The summed E-state index contributed by atoms with van der Waals surface area (Å²) in [5.41, 5.74) is 0.662. The summed E-state index contributed by atoms with van der Waals surface area (Å²) in [6.45, 7) is 5.93. The summed E-state index contributed by atoms with van der Waals surface area (Å²) >= 11 is 0. The van der Waals surface area contributed by atoms with Crippen LogP contribution in [0.2, 0.25) is 0 Å². The molecule has 0 aliphatic carbocycles. The van der Waals surface area contributed by atoms with E-state index in [-0.39, 0.29) is 12.2 Å². The molecule has 0 heterocycles. The molecule has 0 saturated heterocycles. The standard InChI is InChI=1S/C9H20O2.2C7H6O2/c1-7(2)6-9(11)5-4-8(3)10;2*8-7(9)6-4-2-1-3-5-6/h7-11H,4-6H2,1-3H3;2*1-5H,(H,8,9). The van der Waals surface area contributed by atoms with Gasteiger partial charge in [-0.15, -0.1) is 0 Å². The molecule has 2 rings (SSSR count). The third-order valence-corrected chi connectivity index (χ3v) is 3.70. The molecule has 0 aromatic heterocycles. The van der Waals surface area contributed by atoms with Crippen LogP contribution in [0.15, 0.2) is 60.7 Å². The second kappa shape index (κ2) is 15.2. The van der Waals surface area contributed by atoms with E-state index in [0.29, 0.717) is 23.5 Å². The van der Waals surface area contributed by atoms with Crippen molar-refractivity contribution in [3.8, 4) is 0 Å². The van der Waals surface area contributed by atoms with Crippen molar-refractivity contribution in [2.45, 2.75) is 52.2 Å². The van der Waals surface area contributed by atoms with Crippen LogP contribution in [0.4, 0.5) is 0 Å². The number of rotatable bonds is 7. The monoisotopic (exact) mass is 404 g/mol. The number of carboxylic acid groups (broad SMARTS) is 2. The molecule has 0 fully saturated rings. The van der Waals surface area contributed by atoms with Crippen LogP contribution < -0.4 is 0 Å². The Bertz CT molecular complexity index is 634. The molecule has 0 bridgehead atoms. The van der Waals surface area contributed by atoms with E-state index in [2.05, 4.69) is 13.8 Å². The molecule has 0 spiro atoms. The van der Waals surface area contributed by atoms with Crippen LogP contribution in [0.3, 0.4) is 0 Å². The number of aliphatic hydroxyl groups is 2. The van der Waals surface area contributed by atoms with Crippen LogP contribution in [-0.4, -0.2) is 44.6 Å². The van der Waals surface area contributed by atoms with Crippen molar-refractivity contribution in [1.82, 2.24) is 0 Å². The van der Waals surface area contributed by atoms with Crippen molar-refractivity contribution in [1.29, 1.82) is 0 Å². The Labute approximate surface area is 172 Å². The van der Waals surface area contributed by atoms with Crippen molar-refractivity contribution in [2.24, 2.45) is 5.92 Å². The van der Waals surface area contributed by atoms with Gasteiger partial charge in [0.25, 0.3) is 0 Å². The highest BCUT2D eigenvalue weighted by molar-refractivity contribution is 5.87. The smallest absolute Gasteiger partial charge is 0.335 e. The number of carbonyl (C=O) groups is 2. The van der Waals surface area contributed by atoms with Crippen molar-refractivity contribution < 1.29 is 30.0 Å². The quantitative estimate of drug-likeness (QED) is 0.546. The van der Waals surface area contributed by atoms with Gasteiger partial charge in [0, 0.05) is 0 Å². The van der Waals surface area contributed by atoms with Gasteiger partial charge in [0.15, 0.2) is 0 Å². The average Bonchev–Trinajstić information content (AvgIpc) is 2.68. The molecule has 2 aromatic carbocycles. The third kappa shape index (κ3) is 15.0. The average molecular weight is 405 g/mol. The van der Waals surface area contributed by atoms with Crippen LogP contribution in [0.25, 0.3) is 0 Å². The van der Waals surface area contributed by atoms with E-state index in [9.17, 15) is 14.7 Å². The Kier molecular flexibility index (Phi) is 13.8. The molecule has 29 heavy (non-hydrogen) atoms. The summed E-state index contributed by atoms with van der Waals surface area (Å²) in [5, 5.41) is 35.1. The predicted octanol–water partition coefficient (Wildman–Crippen LogP) is 4.32. The van der Waals surface area contributed by atoms with Crippen LogP contribution in [0, 0.1) is 5.92 Å². The fraction of sp³-hybridized carbons (Fsp3) is 0.391. The number of aromatic carboxylic acids is 2. The van der Waals surface area contributed by atoms with Crippen molar-refractivity contribution in [3.63, 3.8) is 0 Å². The molecule has 160 valence electrons. The SMILES string of the molecule is CC(C)CC(O)CCC(C)O.O=C(O)c1ccccc1.O=C(O)c1ccccc1. The highest BCUT2D eigenvalue weighted by Crippen LogP contribution is 2.10. The van der Waals surface area contributed by atoms with Gasteiger partial charge in [-0.2, -0.15) is 0 Å². The fourth-order valence-electron chi connectivity index (χ4n) is 2.26. The lowest BCUT2D eigenvalue weighted by Gasteiger charge is -2.13. The summed E-state index contributed by atoms with van der Waals surface area (Å²) in [6, 6.07) is 16.6. The van der Waals surface area contributed by atoms with Gasteiger partial charge in [0.1, 0.15) is 0 Å². The Morgan fingerprint density at radius 2 is 1.10 bits per heavy atom. The van der Waals surface area contributed by atoms with Crippen molar-refractivity contribution in [3.05, 3.63) is 71.8 Å². The van der Waals surface area contributed by atoms with Crippen molar-refractivity contribution in [2.75, 3.05) is 0 Å². The molecule has 0 radical (unpaired) electrons. The first-order valence-corrected chi connectivity index (χ1v) is 9.56. The van der Waals surface area contributed by atoms with Gasteiger partial charge < -0.3 is 20.4 Å². The maximum atomic E-state index is 10.2.